The van der Waals surface area contributed by atoms with Gasteiger partial charge in [0.05, 0.1) is 19.6 Å². The highest BCUT2D eigenvalue weighted by molar-refractivity contribution is 7.86. The summed E-state index contributed by atoms with van der Waals surface area (Å²) in [7, 11) is -18.2. The highest BCUT2D eigenvalue weighted by Crippen LogP contribution is 2.46. The summed E-state index contributed by atoms with van der Waals surface area (Å²) in [6.07, 6.45) is 0. The normalized spacial score (nSPS) is 12.6. The van der Waals surface area contributed by atoms with Crippen molar-refractivity contribution in [3.05, 3.63) is 109 Å². The highest BCUT2D eigenvalue weighted by atomic mass is 32.2. The summed E-state index contributed by atoms with van der Waals surface area (Å²) in [4.78, 5) is -1.53. The summed E-state index contributed by atoms with van der Waals surface area (Å²) in [6.45, 7) is 0. The summed E-state index contributed by atoms with van der Waals surface area (Å²) in [5.74, 6) is 0. The van der Waals surface area contributed by atoms with Crippen LogP contribution >= 0.6 is 0 Å². The maximum absolute atomic E-state index is 11.8. The van der Waals surface area contributed by atoms with E-state index in [4.69, 9.17) is 0 Å². The minimum absolute atomic E-state index is 0.369. The minimum atomic E-state index is -4.56. The Labute approximate surface area is 264 Å². The molecule has 0 heterocycles. The van der Waals surface area contributed by atoms with Crippen molar-refractivity contribution in [2.45, 2.75) is 19.6 Å². The lowest BCUT2D eigenvalue weighted by atomic mass is 9.83. The van der Waals surface area contributed by atoms with Crippen LogP contribution in [0.5, 0.6) is 0 Å². The summed E-state index contributed by atoms with van der Waals surface area (Å²) in [5, 5.41) is 0. The van der Waals surface area contributed by atoms with E-state index in [-0.39, 0.29) is 9.79 Å². The quantitative estimate of drug-likeness (QED) is 0.151. The maximum Gasteiger partial charge on any atom is 0.294 e. The van der Waals surface area contributed by atoms with E-state index >= 15 is 0 Å². The van der Waals surface area contributed by atoms with Gasteiger partial charge >= 0.3 is 0 Å². The van der Waals surface area contributed by atoms with Crippen LogP contribution in [0.15, 0.2) is 129 Å². The SMILES string of the molecule is O=S(=O)(O)c1ccc(-c2ccc(-c3ccc(S(=O)(=O)O)cc3)c(-c3ccc(S(=O)(=O)O)cc3)c2-c2ccc(S(=O)(=O)O)cc2)cc1. The highest BCUT2D eigenvalue weighted by Gasteiger charge is 2.22. The van der Waals surface area contributed by atoms with E-state index < -0.39 is 50.3 Å². The first-order valence-electron chi connectivity index (χ1n) is 12.8. The van der Waals surface area contributed by atoms with Gasteiger partial charge in [0.1, 0.15) is 0 Å². The van der Waals surface area contributed by atoms with Crippen LogP contribution in [-0.4, -0.2) is 51.9 Å². The molecule has 0 aliphatic carbocycles. The van der Waals surface area contributed by atoms with E-state index in [9.17, 15) is 51.9 Å². The van der Waals surface area contributed by atoms with Crippen molar-refractivity contribution in [2.75, 3.05) is 0 Å². The smallest absolute Gasteiger partial charge is 0.282 e. The van der Waals surface area contributed by atoms with Crippen molar-refractivity contribution in [3.63, 3.8) is 0 Å². The van der Waals surface area contributed by atoms with Gasteiger partial charge in [-0.2, -0.15) is 33.7 Å². The van der Waals surface area contributed by atoms with Gasteiger partial charge in [-0.1, -0.05) is 60.7 Å². The summed E-state index contributed by atoms with van der Waals surface area (Å²) in [6, 6.07) is 24.1. The predicted molar refractivity (Wildman–Crippen MR) is 167 cm³/mol. The Morgan fingerprint density at radius 2 is 0.478 bits per heavy atom. The fourth-order valence-electron chi connectivity index (χ4n) is 4.88. The minimum Gasteiger partial charge on any atom is -0.282 e. The molecule has 238 valence electrons. The van der Waals surface area contributed by atoms with Crippen LogP contribution in [-0.2, 0) is 40.5 Å². The molecule has 46 heavy (non-hydrogen) atoms. The van der Waals surface area contributed by atoms with Crippen LogP contribution in [0.4, 0.5) is 0 Å². The van der Waals surface area contributed by atoms with Gasteiger partial charge in [-0.3, -0.25) is 18.2 Å². The zero-order valence-electron chi connectivity index (χ0n) is 23.1. The van der Waals surface area contributed by atoms with E-state index in [0.29, 0.717) is 44.5 Å². The number of benzene rings is 5. The van der Waals surface area contributed by atoms with Crippen molar-refractivity contribution in [1.29, 1.82) is 0 Å². The van der Waals surface area contributed by atoms with Crippen LogP contribution in [0, 0.1) is 0 Å². The van der Waals surface area contributed by atoms with Crippen LogP contribution in [0.3, 0.4) is 0 Å². The summed E-state index contributed by atoms with van der Waals surface area (Å²) in [5.41, 5.74) is 3.45. The molecule has 0 aliphatic heterocycles. The van der Waals surface area contributed by atoms with Crippen molar-refractivity contribution in [2.24, 2.45) is 0 Å². The fraction of sp³-hybridized carbons (Fsp3) is 0. The predicted octanol–water partition coefficient (Wildman–Crippen LogP) is 5.34. The van der Waals surface area contributed by atoms with Crippen molar-refractivity contribution < 1.29 is 51.9 Å². The lowest BCUT2D eigenvalue weighted by molar-refractivity contribution is 0.481. The van der Waals surface area contributed by atoms with Gasteiger partial charge in [-0.25, -0.2) is 0 Å². The van der Waals surface area contributed by atoms with Crippen molar-refractivity contribution >= 4 is 40.5 Å². The lowest BCUT2D eigenvalue weighted by Crippen LogP contribution is -2.00. The Balaban J connectivity index is 1.88. The molecule has 0 bridgehead atoms. The Bertz CT molecular complexity index is 2230. The molecule has 0 fully saturated rings. The van der Waals surface area contributed by atoms with E-state index in [1.165, 1.54) is 72.8 Å². The molecule has 5 aromatic carbocycles. The third-order valence-electron chi connectivity index (χ3n) is 7.01. The first-order chi connectivity index (χ1) is 21.3. The second-order valence-corrected chi connectivity index (χ2v) is 15.6. The van der Waals surface area contributed by atoms with E-state index in [1.807, 2.05) is 0 Å². The van der Waals surface area contributed by atoms with Crippen LogP contribution < -0.4 is 0 Å². The molecule has 0 atom stereocenters. The molecule has 0 spiro atoms. The molecule has 4 N–H and O–H groups in total. The van der Waals surface area contributed by atoms with Gasteiger partial charge in [0, 0.05) is 0 Å². The first-order valence-corrected chi connectivity index (χ1v) is 18.6. The van der Waals surface area contributed by atoms with E-state index in [0.717, 1.165) is 24.3 Å². The third kappa shape index (κ3) is 6.93. The first kappa shape index (κ1) is 33.1. The van der Waals surface area contributed by atoms with Crippen LogP contribution in [0.25, 0.3) is 44.5 Å². The molecule has 16 heteroatoms. The van der Waals surface area contributed by atoms with Crippen LogP contribution in [0.2, 0.25) is 0 Å². The Kier molecular flexibility index (Phi) is 8.52. The molecule has 0 amide bonds. The molecule has 0 aromatic heterocycles. The van der Waals surface area contributed by atoms with Crippen molar-refractivity contribution in [1.82, 2.24) is 0 Å². The van der Waals surface area contributed by atoms with Gasteiger partial charge in [-0.05, 0) is 93.0 Å². The molecule has 0 saturated heterocycles. The molecule has 5 rings (SSSR count). The Morgan fingerprint density at radius 1 is 0.283 bits per heavy atom. The lowest BCUT2D eigenvalue weighted by Gasteiger charge is -2.21. The zero-order chi connectivity index (χ0) is 33.7. The van der Waals surface area contributed by atoms with Crippen molar-refractivity contribution in [3.8, 4) is 44.5 Å². The maximum atomic E-state index is 11.8. The van der Waals surface area contributed by atoms with Gasteiger partial charge in [0.15, 0.2) is 0 Å². The number of hydrogen-bond donors (Lipinski definition) is 4. The van der Waals surface area contributed by atoms with E-state index in [1.54, 1.807) is 12.1 Å². The number of hydrogen-bond acceptors (Lipinski definition) is 8. The van der Waals surface area contributed by atoms with Crippen LogP contribution in [0.1, 0.15) is 0 Å². The molecule has 0 radical (unpaired) electrons. The second kappa shape index (κ2) is 11.8. The average molecular weight is 703 g/mol. The largest absolute Gasteiger partial charge is 0.294 e. The topological polar surface area (TPSA) is 217 Å². The molecule has 12 nitrogen and oxygen atoms in total. The van der Waals surface area contributed by atoms with Gasteiger partial charge in [0.25, 0.3) is 40.5 Å². The Hall–Kier alpha value is -4.26. The Morgan fingerprint density at radius 3 is 0.674 bits per heavy atom. The zero-order valence-corrected chi connectivity index (χ0v) is 26.3. The molecule has 5 aromatic rings. The second-order valence-electron chi connectivity index (χ2n) is 9.91. The molecule has 0 unspecified atom stereocenters. The molecular formula is C30H22O12S4. The molecule has 0 saturated carbocycles. The fourth-order valence-corrected chi connectivity index (χ4v) is 6.80. The summed E-state index contributed by atoms with van der Waals surface area (Å²) >= 11 is 0. The van der Waals surface area contributed by atoms with Gasteiger partial charge < -0.3 is 0 Å². The van der Waals surface area contributed by atoms with Gasteiger partial charge in [0.2, 0.25) is 0 Å². The van der Waals surface area contributed by atoms with E-state index in [2.05, 4.69) is 0 Å². The number of rotatable bonds is 8. The molecular weight excluding hydrogens is 681 g/mol. The standard InChI is InChI=1S/C30H22O12S4/c31-43(32,33)23-9-1-19(2-10-23)27-17-18-28(20-3-11-24(12-4-20)44(34,35)36)30(22-7-15-26(16-8-22)46(40,41)42)29(27)21-5-13-25(14-6-21)45(37,38)39/h1-18H,(H,31,32,33)(H,34,35,36)(H,37,38,39)(H,40,41,42). The average Bonchev–Trinajstić information content (AvgIpc) is 2.99. The summed E-state index contributed by atoms with van der Waals surface area (Å²) < 4.78 is 132. The monoisotopic (exact) mass is 702 g/mol. The third-order valence-corrected chi connectivity index (χ3v) is 10.5. The molecule has 0 aliphatic rings. The van der Waals surface area contributed by atoms with Gasteiger partial charge in [-0.15, -0.1) is 0 Å².